The fourth-order valence-electron chi connectivity index (χ4n) is 3.59. The average molecular weight is 445 g/mol. The molecule has 0 aliphatic carbocycles. The average Bonchev–Trinajstić information content (AvgIpc) is 3.23. The largest absolute Gasteiger partial charge is 0.497 e. The Bertz CT molecular complexity index is 1130. The SMILES string of the molecule is COc1cccc(-c2nc(-c3cccc(S(=O)(=O)N4C[C@@H](C)O[C@H](C)C4)c3)cs2)c1. The third-order valence-electron chi connectivity index (χ3n) is 4.97. The fourth-order valence-corrected chi connectivity index (χ4v) is 6.05. The maximum atomic E-state index is 13.2. The second-order valence-corrected chi connectivity index (χ2v) is 10.2. The normalized spacial score (nSPS) is 20.2. The molecule has 8 heteroatoms. The Morgan fingerprint density at radius 1 is 1.07 bits per heavy atom. The zero-order valence-corrected chi connectivity index (χ0v) is 18.7. The van der Waals surface area contributed by atoms with E-state index >= 15 is 0 Å². The second kappa shape index (κ2) is 8.47. The quantitative estimate of drug-likeness (QED) is 0.587. The summed E-state index contributed by atoms with van der Waals surface area (Å²) in [6.45, 7) is 4.50. The third kappa shape index (κ3) is 4.27. The van der Waals surface area contributed by atoms with E-state index in [1.165, 1.54) is 15.6 Å². The van der Waals surface area contributed by atoms with Crippen LogP contribution in [0.4, 0.5) is 0 Å². The first-order valence-corrected chi connectivity index (χ1v) is 12.0. The summed E-state index contributed by atoms with van der Waals surface area (Å²) in [5.41, 5.74) is 2.49. The number of ether oxygens (including phenoxy) is 2. The monoisotopic (exact) mass is 444 g/mol. The van der Waals surface area contributed by atoms with Crippen molar-refractivity contribution < 1.29 is 17.9 Å². The first kappa shape index (κ1) is 21.0. The highest BCUT2D eigenvalue weighted by Gasteiger charge is 2.32. The molecule has 1 saturated heterocycles. The van der Waals surface area contributed by atoms with Crippen LogP contribution < -0.4 is 4.74 Å². The lowest BCUT2D eigenvalue weighted by Gasteiger charge is -2.34. The number of morpholine rings is 1. The number of hydrogen-bond donors (Lipinski definition) is 0. The third-order valence-corrected chi connectivity index (χ3v) is 7.69. The first-order chi connectivity index (χ1) is 14.4. The molecule has 3 aromatic rings. The standard InChI is InChI=1S/C22H24N2O4S2/c1-15-12-24(13-16(2)28-15)30(25,26)20-9-5-6-17(11-20)21-14-29-22(23-21)18-7-4-8-19(10-18)27-3/h4-11,14-16H,12-13H2,1-3H3/t15-,16-/m1/s1. The molecule has 4 rings (SSSR count). The van der Waals surface area contributed by atoms with Gasteiger partial charge < -0.3 is 9.47 Å². The van der Waals surface area contributed by atoms with Gasteiger partial charge in [0.25, 0.3) is 0 Å². The highest BCUT2D eigenvalue weighted by Crippen LogP contribution is 2.32. The molecule has 0 radical (unpaired) electrons. The number of benzene rings is 2. The topological polar surface area (TPSA) is 68.7 Å². The zero-order chi connectivity index (χ0) is 21.3. The van der Waals surface area contributed by atoms with Gasteiger partial charge in [-0.2, -0.15) is 4.31 Å². The van der Waals surface area contributed by atoms with E-state index in [0.717, 1.165) is 27.6 Å². The Morgan fingerprint density at radius 2 is 1.77 bits per heavy atom. The van der Waals surface area contributed by atoms with Crippen LogP contribution in [0.3, 0.4) is 0 Å². The van der Waals surface area contributed by atoms with Gasteiger partial charge in [0.1, 0.15) is 10.8 Å². The number of rotatable bonds is 5. The molecule has 0 amide bonds. The van der Waals surface area contributed by atoms with Crippen LogP contribution in [0.2, 0.25) is 0 Å². The molecule has 158 valence electrons. The minimum atomic E-state index is -3.60. The van der Waals surface area contributed by atoms with Crippen LogP contribution in [-0.4, -0.2) is 50.1 Å². The lowest BCUT2D eigenvalue weighted by molar-refractivity contribution is -0.0440. The van der Waals surface area contributed by atoms with Crippen LogP contribution in [0.25, 0.3) is 21.8 Å². The number of nitrogens with zero attached hydrogens (tertiary/aromatic N) is 2. The van der Waals surface area contributed by atoms with Crippen molar-refractivity contribution in [1.29, 1.82) is 0 Å². The summed E-state index contributed by atoms with van der Waals surface area (Å²) >= 11 is 1.52. The smallest absolute Gasteiger partial charge is 0.243 e. The van der Waals surface area contributed by atoms with E-state index in [9.17, 15) is 8.42 Å². The molecule has 30 heavy (non-hydrogen) atoms. The maximum Gasteiger partial charge on any atom is 0.243 e. The Morgan fingerprint density at radius 3 is 2.50 bits per heavy atom. The van der Waals surface area contributed by atoms with E-state index in [-0.39, 0.29) is 17.1 Å². The van der Waals surface area contributed by atoms with E-state index in [1.807, 2.05) is 49.6 Å². The van der Waals surface area contributed by atoms with Crippen molar-refractivity contribution in [1.82, 2.24) is 9.29 Å². The van der Waals surface area contributed by atoms with Gasteiger partial charge >= 0.3 is 0 Å². The van der Waals surface area contributed by atoms with Crippen molar-refractivity contribution in [2.75, 3.05) is 20.2 Å². The van der Waals surface area contributed by atoms with Gasteiger partial charge in [-0.1, -0.05) is 24.3 Å². The van der Waals surface area contributed by atoms with E-state index < -0.39 is 10.0 Å². The van der Waals surface area contributed by atoms with Crippen LogP contribution in [0.5, 0.6) is 5.75 Å². The van der Waals surface area contributed by atoms with Crippen LogP contribution in [0, 0.1) is 0 Å². The molecule has 0 bridgehead atoms. The van der Waals surface area contributed by atoms with Crippen molar-refractivity contribution in [3.8, 4) is 27.6 Å². The van der Waals surface area contributed by atoms with Crippen molar-refractivity contribution in [2.45, 2.75) is 31.0 Å². The first-order valence-electron chi connectivity index (χ1n) is 9.73. The number of aromatic nitrogens is 1. The lowest BCUT2D eigenvalue weighted by Crippen LogP contribution is -2.48. The van der Waals surface area contributed by atoms with Crippen molar-refractivity contribution in [2.24, 2.45) is 0 Å². The molecular weight excluding hydrogens is 420 g/mol. The van der Waals surface area contributed by atoms with E-state index in [4.69, 9.17) is 14.5 Å². The number of thiazole rings is 1. The van der Waals surface area contributed by atoms with Gasteiger partial charge in [0.15, 0.2) is 0 Å². The van der Waals surface area contributed by atoms with Crippen LogP contribution >= 0.6 is 11.3 Å². The molecule has 1 aliphatic heterocycles. The molecule has 2 heterocycles. The van der Waals surface area contributed by atoms with Gasteiger partial charge in [0, 0.05) is 29.6 Å². The molecule has 1 aromatic heterocycles. The molecular formula is C22H24N2O4S2. The van der Waals surface area contributed by atoms with Crippen LogP contribution in [0.15, 0.2) is 58.8 Å². The molecule has 2 atom stereocenters. The van der Waals surface area contributed by atoms with Crippen molar-refractivity contribution >= 4 is 21.4 Å². The molecule has 0 N–H and O–H groups in total. The highest BCUT2D eigenvalue weighted by atomic mass is 32.2. The minimum Gasteiger partial charge on any atom is -0.497 e. The van der Waals surface area contributed by atoms with Crippen molar-refractivity contribution in [3.63, 3.8) is 0 Å². The van der Waals surface area contributed by atoms with Gasteiger partial charge in [-0.3, -0.25) is 0 Å². The Hall–Kier alpha value is -2.26. The maximum absolute atomic E-state index is 13.2. The second-order valence-electron chi connectivity index (χ2n) is 7.38. The van der Waals surface area contributed by atoms with Gasteiger partial charge in [0.05, 0.1) is 29.9 Å². The van der Waals surface area contributed by atoms with Gasteiger partial charge in [-0.05, 0) is 38.1 Å². The predicted octanol–water partition coefficient (Wildman–Crippen LogP) is 4.28. The summed E-state index contributed by atoms with van der Waals surface area (Å²) in [7, 11) is -1.97. The van der Waals surface area contributed by atoms with Crippen LogP contribution in [-0.2, 0) is 14.8 Å². The number of hydrogen-bond acceptors (Lipinski definition) is 6. The van der Waals surface area contributed by atoms with Gasteiger partial charge in [-0.15, -0.1) is 11.3 Å². The number of methoxy groups -OCH3 is 1. The number of sulfonamides is 1. The summed E-state index contributed by atoms with van der Waals surface area (Å²) in [6.07, 6.45) is -0.258. The summed E-state index contributed by atoms with van der Waals surface area (Å²) in [5.74, 6) is 0.770. The van der Waals surface area contributed by atoms with Crippen LogP contribution in [0.1, 0.15) is 13.8 Å². The zero-order valence-electron chi connectivity index (χ0n) is 17.1. The predicted molar refractivity (Wildman–Crippen MR) is 118 cm³/mol. The minimum absolute atomic E-state index is 0.129. The lowest BCUT2D eigenvalue weighted by atomic mass is 10.2. The van der Waals surface area contributed by atoms with Crippen molar-refractivity contribution in [3.05, 3.63) is 53.9 Å². The fraction of sp³-hybridized carbons (Fsp3) is 0.318. The van der Waals surface area contributed by atoms with E-state index in [2.05, 4.69) is 0 Å². The van der Waals surface area contributed by atoms with E-state index in [1.54, 1.807) is 25.3 Å². The Labute approximate surface area is 181 Å². The molecule has 1 fully saturated rings. The summed E-state index contributed by atoms with van der Waals surface area (Å²) in [5, 5.41) is 2.80. The molecule has 1 aliphatic rings. The summed E-state index contributed by atoms with van der Waals surface area (Å²) < 4.78 is 38.9. The molecule has 2 aromatic carbocycles. The Kier molecular flexibility index (Phi) is 5.92. The molecule has 0 saturated carbocycles. The van der Waals surface area contributed by atoms with Gasteiger partial charge in [-0.25, -0.2) is 13.4 Å². The molecule has 6 nitrogen and oxygen atoms in total. The van der Waals surface area contributed by atoms with E-state index in [0.29, 0.717) is 13.1 Å². The molecule has 0 spiro atoms. The summed E-state index contributed by atoms with van der Waals surface area (Å²) in [6, 6.07) is 14.7. The summed E-state index contributed by atoms with van der Waals surface area (Å²) in [4.78, 5) is 5.00. The Balaban J connectivity index is 1.63. The van der Waals surface area contributed by atoms with Gasteiger partial charge in [0.2, 0.25) is 10.0 Å². The highest BCUT2D eigenvalue weighted by molar-refractivity contribution is 7.89. The molecule has 0 unspecified atom stereocenters.